The van der Waals surface area contributed by atoms with E-state index in [1.807, 2.05) is 36.4 Å². The van der Waals surface area contributed by atoms with Gasteiger partial charge in [0.05, 0.1) is 51.7 Å². The van der Waals surface area contributed by atoms with E-state index >= 15 is 0 Å². The molecule has 2 aromatic rings. The summed E-state index contributed by atoms with van der Waals surface area (Å²) in [5, 5.41) is 12.9. The van der Waals surface area contributed by atoms with Crippen LogP contribution in [0.5, 0.6) is 0 Å². The number of hydroxylamine groups is 1. The zero-order valence-corrected chi connectivity index (χ0v) is 20.7. The second-order valence-electron chi connectivity index (χ2n) is 8.87. The highest BCUT2D eigenvalue weighted by Gasteiger charge is 2.58. The number of para-hydroxylation sites is 1. The smallest absolute Gasteiger partial charge is 0.311 e. The molecule has 1 saturated heterocycles. The van der Waals surface area contributed by atoms with Crippen molar-refractivity contribution >= 4 is 17.6 Å². The second kappa shape index (κ2) is 11.5. The van der Waals surface area contributed by atoms with Crippen LogP contribution in [0.25, 0.3) is 0 Å². The van der Waals surface area contributed by atoms with Crippen LogP contribution in [-0.2, 0) is 45.4 Å². The number of carbonyl (C=O) groups excluding carboxylic acids is 2. The first-order valence-electron chi connectivity index (χ1n) is 12.2. The van der Waals surface area contributed by atoms with Gasteiger partial charge in [0.15, 0.2) is 5.79 Å². The molecule has 0 saturated carbocycles. The Kier molecular flexibility index (Phi) is 8.38. The van der Waals surface area contributed by atoms with E-state index in [2.05, 4.69) is 0 Å². The first-order valence-corrected chi connectivity index (χ1v) is 12.2. The molecule has 0 aromatic heterocycles. The predicted molar refractivity (Wildman–Crippen MR) is 130 cm³/mol. The maximum Gasteiger partial charge on any atom is 0.311 e. The molecular formula is C27H33NO8. The van der Waals surface area contributed by atoms with Crippen molar-refractivity contribution in [3.05, 3.63) is 65.7 Å². The number of amides is 1. The molecule has 0 spiro atoms. The Hall–Kier alpha value is -2.82. The third-order valence-electron chi connectivity index (χ3n) is 6.71. The van der Waals surface area contributed by atoms with E-state index < -0.39 is 29.2 Å². The predicted octanol–water partition coefficient (Wildman–Crippen LogP) is 2.89. The van der Waals surface area contributed by atoms with Crippen LogP contribution in [0, 0.1) is 0 Å². The lowest BCUT2D eigenvalue weighted by molar-refractivity contribution is -0.198. The topological polar surface area (TPSA) is 104 Å². The molecule has 2 heterocycles. The average molecular weight is 500 g/mol. The van der Waals surface area contributed by atoms with Crippen LogP contribution in [-0.4, -0.2) is 62.4 Å². The summed E-state index contributed by atoms with van der Waals surface area (Å²) in [5.41, 5.74) is 0.793. The molecule has 2 aliphatic rings. The van der Waals surface area contributed by atoms with Gasteiger partial charge in [0.1, 0.15) is 5.41 Å². The Balaban J connectivity index is 1.61. The minimum absolute atomic E-state index is 0.109. The molecule has 2 aromatic carbocycles. The average Bonchev–Trinajstić information content (AvgIpc) is 3.42. The molecule has 2 atom stereocenters. The summed E-state index contributed by atoms with van der Waals surface area (Å²) < 4.78 is 22.7. The Bertz CT molecular complexity index is 1040. The van der Waals surface area contributed by atoms with Gasteiger partial charge >= 0.3 is 5.97 Å². The van der Waals surface area contributed by atoms with Gasteiger partial charge in [-0.25, -0.2) is 0 Å². The molecule has 9 heteroatoms. The third-order valence-corrected chi connectivity index (χ3v) is 6.71. The highest BCUT2D eigenvalue weighted by molar-refractivity contribution is 6.07. The SMILES string of the molecule is CCOC(=O)CC1(C[C@@H](O)[C@@]2(CCOCc3ccccc3)C(=O)N(OC)c3ccccc32)OCCO1. The van der Waals surface area contributed by atoms with Gasteiger partial charge in [-0.05, 0) is 30.5 Å². The molecule has 0 bridgehead atoms. The Morgan fingerprint density at radius 1 is 1.11 bits per heavy atom. The van der Waals surface area contributed by atoms with E-state index in [1.54, 1.807) is 25.1 Å². The van der Waals surface area contributed by atoms with E-state index in [9.17, 15) is 14.7 Å². The van der Waals surface area contributed by atoms with Gasteiger partial charge in [0.25, 0.3) is 5.91 Å². The van der Waals surface area contributed by atoms with Crippen LogP contribution in [0.15, 0.2) is 54.6 Å². The lowest BCUT2D eigenvalue weighted by Crippen LogP contribution is -2.52. The van der Waals surface area contributed by atoms with Crippen molar-refractivity contribution in [3.63, 3.8) is 0 Å². The zero-order chi connectivity index (χ0) is 25.6. The number of carbonyl (C=O) groups is 2. The minimum atomic E-state index is -1.39. The summed E-state index contributed by atoms with van der Waals surface area (Å²) >= 11 is 0. The molecule has 36 heavy (non-hydrogen) atoms. The largest absolute Gasteiger partial charge is 0.466 e. The number of hydrogen-bond donors (Lipinski definition) is 1. The quantitative estimate of drug-likeness (QED) is 0.351. The number of benzene rings is 2. The van der Waals surface area contributed by atoms with Gasteiger partial charge in [-0.1, -0.05) is 48.5 Å². The lowest BCUT2D eigenvalue weighted by atomic mass is 9.71. The van der Waals surface area contributed by atoms with Gasteiger partial charge in [-0.3, -0.25) is 14.4 Å². The zero-order valence-electron chi connectivity index (χ0n) is 20.7. The summed E-state index contributed by atoms with van der Waals surface area (Å²) in [7, 11) is 1.41. The van der Waals surface area contributed by atoms with Gasteiger partial charge < -0.3 is 24.1 Å². The second-order valence-corrected chi connectivity index (χ2v) is 8.87. The molecule has 0 radical (unpaired) electrons. The van der Waals surface area contributed by atoms with Crippen LogP contribution in [0.3, 0.4) is 0 Å². The van der Waals surface area contributed by atoms with Crippen LogP contribution < -0.4 is 5.06 Å². The van der Waals surface area contributed by atoms with Crippen LogP contribution in [0.1, 0.15) is 37.3 Å². The molecular weight excluding hydrogens is 466 g/mol. The number of esters is 1. The lowest BCUT2D eigenvalue weighted by Gasteiger charge is -2.37. The number of anilines is 1. The Morgan fingerprint density at radius 2 is 1.81 bits per heavy atom. The van der Waals surface area contributed by atoms with E-state index in [-0.39, 0.29) is 45.7 Å². The monoisotopic (exact) mass is 499 g/mol. The van der Waals surface area contributed by atoms with Crippen molar-refractivity contribution in [2.75, 3.05) is 38.6 Å². The fraction of sp³-hybridized carbons (Fsp3) is 0.481. The van der Waals surface area contributed by atoms with Crippen LogP contribution in [0.2, 0.25) is 0 Å². The standard InChI is InChI=1S/C27H33NO8/c1-3-34-24(30)18-26(35-15-16-36-26)17-23(29)27(13-14-33-19-20-9-5-4-6-10-20)21-11-7-8-12-22(21)28(32-2)25(27)31/h4-12,23,29H,3,13-19H2,1-2H3/t23-,27+/m1/s1. The van der Waals surface area contributed by atoms with E-state index in [1.165, 1.54) is 12.2 Å². The molecule has 0 unspecified atom stereocenters. The molecule has 1 amide bonds. The first-order chi connectivity index (χ1) is 17.5. The highest BCUT2D eigenvalue weighted by Crippen LogP contribution is 2.48. The molecule has 194 valence electrons. The van der Waals surface area contributed by atoms with Crippen molar-refractivity contribution in [2.45, 2.75) is 50.1 Å². The highest BCUT2D eigenvalue weighted by atomic mass is 16.7. The molecule has 0 aliphatic carbocycles. The van der Waals surface area contributed by atoms with Gasteiger partial charge in [0.2, 0.25) is 0 Å². The third kappa shape index (κ3) is 5.16. The number of aliphatic hydroxyl groups excluding tert-OH is 1. The molecule has 1 N–H and O–H groups in total. The molecule has 9 nitrogen and oxygen atoms in total. The summed E-state index contributed by atoms with van der Waals surface area (Å²) in [6.07, 6.45) is -1.38. The number of ether oxygens (including phenoxy) is 4. The van der Waals surface area contributed by atoms with Crippen molar-refractivity contribution < 1.29 is 38.5 Å². The van der Waals surface area contributed by atoms with E-state index in [0.29, 0.717) is 17.9 Å². The van der Waals surface area contributed by atoms with E-state index in [0.717, 1.165) is 5.56 Å². The van der Waals surface area contributed by atoms with Crippen LogP contribution >= 0.6 is 0 Å². The maximum atomic E-state index is 13.8. The summed E-state index contributed by atoms with van der Waals surface area (Å²) in [4.78, 5) is 31.6. The number of rotatable bonds is 12. The van der Waals surface area contributed by atoms with Gasteiger partial charge in [-0.2, -0.15) is 5.06 Å². The summed E-state index contributed by atoms with van der Waals surface area (Å²) in [5.74, 6) is -2.30. The Labute approximate surface area is 210 Å². The first kappa shape index (κ1) is 26.2. The van der Waals surface area contributed by atoms with Gasteiger partial charge in [0, 0.05) is 13.0 Å². The molecule has 4 rings (SSSR count). The van der Waals surface area contributed by atoms with Crippen molar-refractivity contribution in [3.8, 4) is 0 Å². The number of fused-ring (bicyclic) bond motifs is 1. The fourth-order valence-electron chi connectivity index (χ4n) is 5.03. The number of hydrogen-bond acceptors (Lipinski definition) is 8. The van der Waals surface area contributed by atoms with E-state index in [4.69, 9.17) is 23.8 Å². The fourth-order valence-corrected chi connectivity index (χ4v) is 5.03. The van der Waals surface area contributed by atoms with Gasteiger partial charge in [-0.15, -0.1) is 0 Å². The number of aliphatic hydroxyl groups is 1. The van der Waals surface area contributed by atoms with Crippen molar-refractivity contribution in [1.29, 1.82) is 0 Å². The van der Waals surface area contributed by atoms with Crippen molar-refractivity contribution in [1.82, 2.24) is 0 Å². The normalized spacial score (nSPS) is 21.4. The van der Waals surface area contributed by atoms with Crippen molar-refractivity contribution in [2.24, 2.45) is 0 Å². The summed E-state index contributed by atoms with van der Waals surface area (Å²) in [6, 6.07) is 16.9. The minimum Gasteiger partial charge on any atom is -0.466 e. The molecule has 1 fully saturated rings. The Morgan fingerprint density at radius 3 is 2.50 bits per heavy atom. The van der Waals surface area contributed by atoms with Crippen LogP contribution in [0.4, 0.5) is 5.69 Å². The molecule has 2 aliphatic heterocycles. The maximum absolute atomic E-state index is 13.8. The summed E-state index contributed by atoms with van der Waals surface area (Å²) in [6.45, 7) is 3.05. The number of nitrogens with zero attached hydrogens (tertiary/aromatic N) is 1.